The molecule has 18 heavy (non-hydrogen) atoms. The van der Waals surface area contributed by atoms with Gasteiger partial charge in [-0.25, -0.2) is 0 Å². The summed E-state index contributed by atoms with van der Waals surface area (Å²) in [6, 6.07) is 0. The molecular formula is C10H14N4O4. The van der Waals surface area contributed by atoms with E-state index in [1.165, 1.54) is 24.1 Å². The highest BCUT2D eigenvalue weighted by atomic mass is 16.4. The topological polar surface area (TPSA) is 113 Å². The van der Waals surface area contributed by atoms with Crippen LogP contribution in [0.15, 0.2) is 12.4 Å². The van der Waals surface area contributed by atoms with Gasteiger partial charge < -0.3 is 15.7 Å². The molecule has 8 nitrogen and oxygen atoms in total. The van der Waals surface area contributed by atoms with Gasteiger partial charge in [0.1, 0.15) is 6.54 Å². The van der Waals surface area contributed by atoms with Gasteiger partial charge in [-0.15, -0.1) is 0 Å². The minimum atomic E-state index is -1.03. The number of amides is 2. The van der Waals surface area contributed by atoms with Crippen LogP contribution in [0.3, 0.4) is 0 Å². The number of carbonyl (C=O) groups is 3. The van der Waals surface area contributed by atoms with Crippen molar-refractivity contribution >= 4 is 23.5 Å². The van der Waals surface area contributed by atoms with Gasteiger partial charge >= 0.3 is 5.97 Å². The number of carboxylic acids is 1. The lowest BCUT2D eigenvalue weighted by Crippen LogP contribution is -2.23. The number of hydrogen-bond donors (Lipinski definition) is 3. The lowest BCUT2D eigenvalue weighted by atomic mass is 10.3. The molecule has 0 aliphatic heterocycles. The van der Waals surface area contributed by atoms with Crippen molar-refractivity contribution in [3.05, 3.63) is 12.4 Å². The Morgan fingerprint density at radius 2 is 2.06 bits per heavy atom. The SMILES string of the molecule is CNC(=O)Cn1cc(NC(=O)CCC(=O)O)cn1. The van der Waals surface area contributed by atoms with Crippen LogP contribution >= 0.6 is 0 Å². The molecule has 0 saturated carbocycles. The van der Waals surface area contributed by atoms with E-state index < -0.39 is 11.9 Å². The fourth-order valence-corrected chi connectivity index (χ4v) is 1.18. The van der Waals surface area contributed by atoms with Gasteiger partial charge in [0.05, 0.1) is 18.3 Å². The molecule has 0 aliphatic rings. The minimum Gasteiger partial charge on any atom is -0.481 e. The first-order chi connectivity index (χ1) is 8.51. The normalized spacial score (nSPS) is 9.83. The van der Waals surface area contributed by atoms with Gasteiger partial charge in [0.25, 0.3) is 0 Å². The lowest BCUT2D eigenvalue weighted by Gasteiger charge is -2.00. The van der Waals surface area contributed by atoms with Crippen molar-refractivity contribution in [2.24, 2.45) is 0 Å². The molecule has 2 amide bonds. The molecule has 1 aromatic heterocycles. The Bertz CT molecular complexity index is 454. The zero-order chi connectivity index (χ0) is 13.5. The van der Waals surface area contributed by atoms with Crippen molar-refractivity contribution in [3.8, 4) is 0 Å². The molecule has 0 spiro atoms. The standard InChI is InChI=1S/C10H14N4O4/c1-11-9(16)6-14-5-7(4-12-14)13-8(15)2-3-10(17)18/h4-5H,2-3,6H2,1H3,(H,11,16)(H,13,15)(H,17,18). The van der Waals surface area contributed by atoms with Gasteiger partial charge in [-0.05, 0) is 0 Å². The number of rotatable bonds is 6. The molecule has 0 radical (unpaired) electrons. The molecule has 8 heteroatoms. The number of carboxylic acid groups (broad SMARTS) is 1. The summed E-state index contributed by atoms with van der Waals surface area (Å²) in [5, 5.41) is 17.2. The van der Waals surface area contributed by atoms with E-state index in [2.05, 4.69) is 15.7 Å². The smallest absolute Gasteiger partial charge is 0.303 e. The number of nitrogens with one attached hydrogen (secondary N) is 2. The van der Waals surface area contributed by atoms with Gasteiger partial charge in [-0.3, -0.25) is 19.1 Å². The number of nitrogens with zero attached hydrogens (tertiary/aromatic N) is 2. The molecule has 0 saturated heterocycles. The fraction of sp³-hybridized carbons (Fsp3) is 0.400. The van der Waals surface area contributed by atoms with Gasteiger partial charge in [0.2, 0.25) is 11.8 Å². The highest BCUT2D eigenvalue weighted by molar-refractivity contribution is 5.92. The summed E-state index contributed by atoms with van der Waals surface area (Å²) in [7, 11) is 1.51. The van der Waals surface area contributed by atoms with Crippen LogP contribution in [0.25, 0.3) is 0 Å². The van der Waals surface area contributed by atoms with Crippen LogP contribution in [0.2, 0.25) is 0 Å². The zero-order valence-corrected chi connectivity index (χ0v) is 9.84. The first-order valence-corrected chi connectivity index (χ1v) is 5.26. The van der Waals surface area contributed by atoms with Crippen molar-refractivity contribution in [1.29, 1.82) is 0 Å². The number of anilines is 1. The highest BCUT2D eigenvalue weighted by Gasteiger charge is 2.08. The second-order valence-electron chi connectivity index (χ2n) is 3.54. The van der Waals surface area contributed by atoms with Crippen LogP contribution in [0.1, 0.15) is 12.8 Å². The Hall–Kier alpha value is -2.38. The van der Waals surface area contributed by atoms with Gasteiger partial charge in [0.15, 0.2) is 0 Å². The monoisotopic (exact) mass is 254 g/mol. The van der Waals surface area contributed by atoms with Crippen molar-refractivity contribution < 1.29 is 19.5 Å². The molecule has 0 aromatic carbocycles. The third-order valence-corrected chi connectivity index (χ3v) is 2.07. The molecule has 1 rings (SSSR count). The second kappa shape index (κ2) is 6.38. The maximum absolute atomic E-state index is 11.3. The summed E-state index contributed by atoms with van der Waals surface area (Å²) < 4.78 is 1.37. The maximum atomic E-state index is 11.3. The van der Waals surface area contributed by atoms with E-state index in [4.69, 9.17) is 5.11 Å². The first-order valence-electron chi connectivity index (χ1n) is 5.26. The number of aromatic nitrogens is 2. The molecule has 0 unspecified atom stereocenters. The van der Waals surface area contributed by atoms with Gasteiger partial charge in [0, 0.05) is 19.7 Å². The first kappa shape index (κ1) is 13.7. The van der Waals surface area contributed by atoms with Crippen molar-refractivity contribution in [2.45, 2.75) is 19.4 Å². The van der Waals surface area contributed by atoms with Crippen LogP contribution in [0, 0.1) is 0 Å². The maximum Gasteiger partial charge on any atom is 0.303 e. The van der Waals surface area contributed by atoms with E-state index in [-0.39, 0.29) is 25.3 Å². The summed E-state index contributed by atoms with van der Waals surface area (Å²) in [6.07, 6.45) is 2.56. The quantitative estimate of drug-likeness (QED) is 0.629. The van der Waals surface area contributed by atoms with E-state index in [1.54, 1.807) is 0 Å². The average Bonchev–Trinajstić information content (AvgIpc) is 2.73. The van der Waals surface area contributed by atoms with E-state index in [1.807, 2.05) is 0 Å². The highest BCUT2D eigenvalue weighted by Crippen LogP contribution is 2.05. The van der Waals surface area contributed by atoms with Crippen LogP contribution in [-0.4, -0.2) is 39.7 Å². The Kier molecular flexibility index (Phi) is 4.85. The Morgan fingerprint density at radius 1 is 1.33 bits per heavy atom. The number of carbonyl (C=O) groups excluding carboxylic acids is 2. The Labute approximate surface area is 103 Å². The van der Waals surface area contributed by atoms with Crippen molar-refractivity contribution in [3.63, 3.8) is 0 Å². The zero-order valence-electron chi connectivity index (χ0n) is 9.84. The Morgan fingerprint density at radius 3 is 2.67 bits per heavy atom. The number of hydrogen-bond acceptors (Lipinski definition) is 4. The van der Waals surface area contributed by atoms with Crippen LogP contribution < -0.4 is 10.6 Å². The van der Waals surface area contributed by atoms with Gasteiger partial charge in [-0.2, -0.15) is 5.10 Å². The third kappa shape index (κ3) is 4.64. The molecule has 0 bridgehead atoms. The molecule has 98 valence electrons. The van der Waals surface area contributed by atoms with E-state index in [0.717, 1.165) is 0 Å². The summed E-state index contributed by atoms with van der Waals surface area (Å²) in [5.41, 5.74) is 0.425. The van der Waals surface area contributed by atoms with Crippen molar-refractivity contribution in [1.82, 2.24) is 15.1 Å². The van der Waals surface area contributed by atoms with Crippen LogP contribution in [0.5, 0.6) is 0 Å². The molecule has 3 N–H and O–H groups in total. The predicted octanol–water partition coefficient (Wildman–Crippen LogP) is -0.568. The van der Waals surface area contributed by atoms with E-state index >= 15 is 0 Å². The molecular weight excluding hydrogens is 240 g/mol. The van der Waals surface area contributed by atoms with E-state index in [0.29, 0.717) is 5.69 Å². The second-order valence-corrected chi connectivity index (χ2v) is 3.54. The summed E-state index contributed by atoms with van der Waals surface area (Å²) >= 11 is 0. The lowest BCUT2D eigenvalue weighted by molar-refractivity contribution is -0.138. The minimum absolute atomic E-state index is 0.0570. The molecule has 1 heterocycles. The molecule has 0 aliphatic carbocycles. The predicted molar refractivity (Wildman–Crippen MR) is 61.8 cm³/mol. The average molecular weight is 254 g/mol. The molecule has 0 fully saturated rings. The molecule has 1 aromatic rings. The van der Waals surface area contributed by atoms with E-state index in [9.17, 15) is 14.4 Å². The third-order valence-electron chi connectivity index (χ3n) is 2.07. The summed E-state index contributed by atoms with van der Waals surface area (Å²) in [4.78, 5) is 32.7. The summed E-state index contributed by atoms with van der Waals surface area (Å²) in [6.45, 7) is 0.0570. The largest absolute Gasteiger partial charge is 0.481 e. The van der Waals surface area contributed by atoms with Crippen molar-refractivity contribution in [2.75, 3.05) is 12.4 Å². The molecule has 0 atom stereocenters. The van der Waals surface area contributed by atoms with Crippen LogP contribution in [-0.2, 0) is 20.9 Å². The Balaban J connectivity index is 2.46. The van der Waals surface area contributed by atoms with Crippen LogP contribution in [0.4, 0.5) is 5.69 Å². The summed E-state index contributed by atoms with van der Waals surface area (Å²) in [5.74, 6) is -1.64. The number of aliphatic carboxylic acids is 1. The van der Waals surface area contributed by atoms with Gasteiger partial charge in [-0.1, -0.05) is 0 Å². The number of likely N-dealkylation sites (N-methyl/N-ethyl adjacent to an activating group) is 1. The fourth-order valence-electron chi connectivity index (χ4n) is 1.18.